The van der Waals surface area contributed by atoms with Gasteiger partial charge in [-0.15, -0.1) is 0 Å². The van der Waals surface area contributed by atoms with Crippen LogP contribution in [0.1, 0.15) is 39.2 Å². The molecule has 132 valence electrons. The van der Waals surface area contributed by atoms with Crippen LogP contribution >= 0.6 is 0 Å². The van der Waals surface area contributed by atoms with Crippen molar-refractivity contribution in [2.45, 2.75) is 46.4 Å². The molecule has 3 rings (SSSR count). The predicted octanol–water partition coefficient (Wildman–Crippen LogP) is 3.49. The molecule has 0 radical (unpaired) electrons. The van der Waals surface area contributed by atoms with Crippen LogP contribution in [0.25, 0.3) is 0 Å². The highest BCUT2D eigenvalue weighted by molar-refractivity contribution is 5.88. The number of hydrogen-bond acceptors (Lipinski definition) is 3. The van der Waals surface area contributed by atoms with E-state index in [1.54, 1.807) is 0 Å². The number of hydrogen-bond donors (Lipinski definition) is 1. The largest absolute Gasteiger partial charge is 0.373 e. The molecule has 25 heavy (non-hydrogen) atoms. The first-order valence-electron chi connectivity index (χ1n) is 9.01. The number of allylic oxidation sites excluding steroid dienone is 2. The summed E-state index contributed by atoms with van der Waals surface area (Å²) in [5, 5.41) is 20.7. The van der Waals surface area contributed by atoms with Crippen molar-refractivity contribution in [3.63, 3.8) is 0 Å². The van der Waals surface area contributed by atoms with E-state index in [-0.39, 0.29) is 23.7 Å². The van der Waals surface area contributed by atoms with Gasteiger partial charge in [-0.2, -0.15) is 5.26 Å². The molecule has 1 heterocycles. The van der Waals surface area contributed by atoms with Gasteiger partial charge in [-0.05, 0) is 30.7 Å². The van der Waals surface area contributed by atoms with Crippen molar-refractivity contribution in [3.05, 3.63) is 47.5 Å². The van der Waals surface area contributed by atoms with Crippen LogP contribution in [0, 0.1) is 34.5 Å². The number of fused-ring (bicyclic) bond motifs is 1. The number of nitriles is 1. The summed E-state index contributed by atoms with van der Waals surface area (Å²) in [7, 11) is 0. The monoisotopic (exact) mass is 338 g/mol. The fourth-order valence-corrected chi connectivity index (χ4v) is 4.56. The summed E-state index contributed by atoms with van der Waals surface area (Å²) in [4.78, 5) is 15.0. The maximum atomic E-state index is 13.5. The lowest BCUT2D eigenvalue weighted by atomic mass is 9.55. The average molecular weight is 338 g/mol. The summed E-state index contributed by atoms with van der Waals surface area (Å²) in [5.74, 6) is -0.229. The first kappa shape index (κ1) is 17.7. The van der Waals surface area contributed by atoms with E-state index in [9.17, 15) is 15.2 Å². The molecule has 1 N–H and O–H groups in total. The van der Waals surface area contributed by atoms with Gasteiger partial charge in [-0.3, -0.25) is 4.79 Å². The van der Waals surface area contributed by atoms with Crippen LogP contribution in [0.4, 0.5) is 0 Å². The fraction of sp³-hybridized carbons (Fsp3) is 0.524. The zero-order valence-corrected chi connectivity index (χ0v) is 15.1. The lowest BCUT2D eigenvalue weighted by molar-refractivity contribution is -0.170. The number of likely N-dealkylation sites (tertiary alicyclic amines) is 1. The number of nitrogens with zero attached hydrogens (tertiary/aromatic N) is 2. The van der Waals surface area contributed by atoms with Gasteiger partial charge in [0.05, 0.1) is 6.07 Å². The minimum atomic E-state index is -1.07. The molecule has 1 aromatic carbocycles. The lowest BCUT2D eigenvalue weighted by Crippen LogP contribution is -2.61. The number of carbonyl (C=O) groups excluding carboxylic acids is 1. The van der Waals surface area contributed by atoms with Crippen LogP contribution in [0.5, 0.6) is 0 Å². The van der Waals surface area contributed by atoms with E-state index in [2.05, 4.69) is 26.8 Å². The Bertz CT molecular complexity index is 719. The Morgan fingerprint density at radius 1 is 1.36 bits per heavy atom. The molecule has 0 unspecified atom stereocenters. The molecule has 1 aliphatic heterocycles. The molecule has 4 atom stereocenters. The average Bonchev–Trinajstić information content (AvgIpc) is 2.59. The van der Waals surface area contributed by atoms with E-state index in [0.717, 1.165) is 12.0 Å². The van der Waals surface area contributed by atoms with Crippen molar-refractivity contribution in [3.8, 4) is 6.07 Å². The molecule has 2 aliphatic rings. The van der Waals surface area contributed by atoms with Gasteiger partial charge in [0.25, 0.3) is 0 Å². The maximum Gasteiger partial charge on any atom is 0.246 e. The molecule has 4 heteroatoms. The highest BCUT2D eigenvalue weighted by Gasteiger charge is 2.59. The second-order valence-corrected chi connectivity index (χ2v) is 7.79. The summed E-state index contributed by atoms with van der Waals surface area (Å²) >= 11 is 0. The van der Waals surface area contributed by atoms with Gasteiger partial charge in [0.15, 0.2) is 0 Å². The molecular formula is C21H26N2O2. The summed E-state index contributed by atoms with van der Waals surface area (Å²) in [5.41, 5.74) is 1.11. The number of aliphatic hydroxyl groups excluding tert-OH is 1. The first-order valence-corrected chi connectivity index (χ1v) is 9.01. The van der Waals surface area contributed by atoms with Gasteiger partial charge in [0.2, 0.25) is 5.91 Å². The van der Waals surface area contributed by atoms with E-state index in [0.29, 0.717) is 13.0 Å². The molecule has 0 spiro atoms. The minimum absolute atomic E-state index is 0.0224. The third-order valence-electron chi connectivity index (χ3n) is 5.82. The van der Waals surface area contributed by atoms with Crippen molar-refractivity contribution in [1.29, 1.82) is 5.26 Å². The van der Waals surface area contributed by atoms with Crippen LogP contribution < -0.4 is 0 Å². The molecule has 1 fully saturated rings. The number of benzene rings is 1. The van der Waals surface area contributed by atoms with Gasteiger partial charge in [-0.1, -0.05) is 55.8 Å². The minimum Gasteiger partial charge on any atom is -0.373 e. The number of rotatable bonds is 3. The van der Waals surface area contributed by atoms with E-state index < -0.39 is 11.6 Å². The van der Waals surface area contributed by atoms with E-state index in [4.69, 9.17) is 0 Å². The van der Waals surface area contributed by atoms with Crippen molar-refractivity contribution in [2.75, 3.05) is 0 Å². The van der Waals surface area contributed by atoms with Crippen LogP contribution in [-0.4, -0.2) is 22.1 Å². The molecule has 1 aliphatic carbocycles. The molecule has 4 nitrogen and oxygen atoms in total. The van der Waals surface area contributed by atoms with Crippen LogP contribution in [-0.2, 0) is 11.3 Å². The number of aliphatic hydroxyl groups is 1. The lowest BCUT2D eigenvalue weighted by Gasteiger charge is -2.51. The van der Waals surface area contributed by atoms with Gasteiger partial charge in [0, 0.05) is 18.9 Å². The molecule has 1 aromatic rings. The van der Waals surface area contributed by atoms with Gasteiger partial charge in [-0.25, -0.2) is 0 Å². The maximum absolute atomic E-state index is 13.5. The summed E-state index contributed by atoms with van der Waals surface area (Å²) < 4.78 is 0. The molecule has 1 amide bonds. The van der Waals surface area contributed by atoms with Gasteiger partial charge < -0.3 is 10.0 Å². The number of amides is 1. The third kappa shape index (κ3) is 2.87. The SMILES string of the molecule is CC1=C[C@@H]2C[C@H](O)N(Cc3ccccc3)C(=O)[C@]2(C#N)[C@@H](C(C)C)C1. The Balaban J connectivity index is 2.01. The second kappa shape index (κ2) is 6.65. The Morgan fingerprint density at radius 3 is 2.64 bits per heavy atom. The van der Waals surface area contributed by atoms with Crippen molar-refractivity contribution in [1.82, 2.24) is 4.90 Å². The normalized spacial score (nSPS) is 32.2. The highest BCUT2D eigenvalue weighted by atomic mass is 16.3. The molecular weight excluding hydrogens is 312 g/mol. The van der Waals surface area contributed by atoms with E-state index in [1.165, 1.54) is 10.5 Å². The predicted molar refractivity (Wildman–Crippen MR) is 95.9 cm³/mol. The molecule has 0 aromatic heterocycles. The fourth-order valence-electron chi connectivity index (χ4n) is 4.56. The quantitative estimate of drug-likeness (QED) is 0.858. The number of piperidine rings is 1. The van der Waals surface area contributed by atoms with Crippen LogP contribution in [0.3, 0.4) is 0 Å². The number of carbonyl (C=O) groups is 1. The Kier molecular flexibility index (Phi) is 4.71. The van der Waals surface area contributed by atoms with Gasteiger partial charge in [0.1, 0.15) is 11.6 Å². The Morgan fingerprint density at radius 2 is 2.04 bits per heavy atom. The van der Waals surface area contributed by atoms with E-state index >= 15 is 0 Å². The molecule has 1 saturated heterocycles. The van der Waals surface area contributed by atoms with Crippen molar-refractivity contribution in [2.24, 2.45) is 23.2 Å². The van der Waals surface area contributed by atoms with E-state index in [1.807, 2.05) is 36.4 Å². The Labute approximate surface area is 149 Å². The summed E-state index contributed by atoms with van der Waals surface area (Å²) in [6.07, 6.45) is 2.38. The third-order valence-corrected chi connectivity index (χ3v) is 5.82. The van der Waals surface area contributed by atoms with Crippen LogP contribution in [0.15, 0.2) is 42.0 Å². The summed E-state index contributed by atoms with van der Waals surface area (Å²) in [6, 6.07) is 12.1. The standard InChI is InChI=1S/C21H26N2O2/c1-14(2)18-10-15(3)9-17-11-19(24)23(20(25)21(17,18)13-22)12-16-7-5-4-6-8-16/h4-9,14,17-19,24H,10-12H2,1-3H3/t17-,18-,19+,21+/m1/s1. The highest BCUT2D eigenvalue weighted by Crippen LogP contribution is 2.53. The topological polar surface area (TPSA) is 64.3 Å². The molecule has 0 saturated carbocycles. The Hall–Kier alpha value is -2.12. The second-order valence-electron chi connectivity index (χ2n) is 7.79. The first-order chi connectivity index (χ1) is 11.9. The van der Waals surface area contributed by atoms with Crippen molar-refractivity contribution >= 4 is 5.91 Å². The smallest absolute Gasteiger partial charge is 0.246 e. The summed E-state index contributed by atoms with van der Waals surface area (Å²) in [6.45, 7) is 6.56. The molecule has 0 bridgehead atoms. The van der Waals surface area contributed by atoms with Gasteiger partial charge >= 0.3 is 0 Å². The van der Waals surface area contributed by atoms with Crippen molar-refractivity contribution < 1.29 is 9.90 Å². The van der Waals surface area contributed by atoms with Crippen LogP contribution in [0.2, 0.25) is 0 Å². The zero-order chi connectivity index (χ0) is 18.2. The zero-order valence-electron chi connectivity index (χ0n) is 15.1.